The summed E-state index contributed by atoms with van der Waals surface area (Å²) in [5.41, 5.74) is 1.08. The van der Waals surface area contributed by atoms with Crippen LogP contribution in [0.3, 0.4) is 0 Å². The van der Waals surface area contributed by atoms with Gasteiger partial charge in [0.15, 0.2) is 0 Å². The number of likely N-dealkylation sites (tertiary alicyclic amines) is 1. The van der Waals surface area contributed by atoms with Gasteiger partial charge in [0.05, 0.1) is 13.2 Å². The van der Waals surface area contributed by atoms with E-state index in [0.29, 0.717) is 5.88 Å². The summed E-state index contributed by atoms with van der Waals surface area (Å²) in [5, 5.41) is 9.60. The van der Waals surface area contributed by atoms with Gasteiger partial charge in [-0.3, -0.25) is 4.90 Å². The van der Waals surface area contributed by atoms with Crippen LogP contribution in [0.25, 0.3) is 0 Å². The lowest BCUT2D eigenvalue weighted by Gasteiger charge is -2.30. The highest BCUT2D eigenvalue weighted by molar-refractivity contribution is 5.25. The normalized spacial score (nSPS) is 22.0. The Hall–Kier alpha value is -1.13. The van der Waals surface area contributed by atoms with Crippen LogP contribution in [-0.2, 0) is 6.54 Å². The summed E-state index contributed by atoms with van der Waals surface area (Å²) in [5.74, 6) is 0.683. The van der Waals surface area contributed by atoms with Gasteiger partial charge in [-0.15, -0.1) is 0 Å². The summed E-state index contributed by atoms with van der Waals surface area (Å²) in [7, 11) is 1.64. The molecular formula is C12H18N2O2. The molecule has 1 atom stereocenters. The third-order valence-corrected chi connectivity index (χ3v) is 2.92. The van der Waals surface area contributed by atoms with Crippen molar-refractivity contribution in [1.82, 2.24) is 9.88 Å². The van der Waals surface area contributed by atoms with Crippen LogP contribution in [-0.4, -0.2) is 41.3 Å². The maximum atomic E-state index is 9.60. The number of ether oxygens (including phenoxy) is 1. The summed E-state index contributed by atoms with van der Waals surface area (Å²) in [6, 6.07) is 3.94. The molecule has 1 aliphatic heterocycles. The Kier molecular flexibility index (Phi) is 3.74. The SMILES string of the molecule is COc1ncccc1CN1CCC[C@H](O)C1. The van der Waals surface area contributed by atoms with Gasteiger partial charge in [-0.2, -0.15) is 0 Å². The predicted molar refractivity (Wildman–Crippen MR) is 61.3 cm³/mol. The molecule has 4 heteroatoms. The van der Waals surface area contributed by atoms with E-state index in [0.717, 1.165) is 38.0 Å². The molecule has 0 aromatic carbocycles. The van der Waals surface area contributed by atoms with Crippen molar-refractivity contribution in [2.24, 2.45) is 0 Å². The average Bonchev–Trinajstić information content (AvgIpc) is 2.30. The number of β-amino-alcohol motifs (C(OH)–C–C–N with tert-alkyl or cyclic N) is 1. The lowest BCUT2D eigenvalue weighted by molar-refractivity contribution is 0.0663. The summed E-state index contributed by atoms with van der Waals surface area (Å²) < 4.78 is 5.21. The van der Waals surface area contributed by atoms with E-state index in [-0.39, 0.29) is 6.10 Å². The van der Waals surface area contributed by atoms with Gasteiger partial charge in [-0.1, -0.05) is 6.07 Å². The van der Waals surface area contributed by atoms with Crippen LogP contribution >= 0.6 is 0 Å². The Morgan fingerprint density at radius 3 is 3.25 bits per heavy atom. The number of nitrogens with zero attached hydrogens (tertiary/aromatic N) is 2. The Labute approximate surface area is 95.9 Å². The number of piperidine rings is 1. The zero-order valence-corrected chi connectivity index (χ0v) is 9.59. The van der Waals surface area contributed by atoms with Crippen LogP contribution in [0.15, 0.2) is 18.3 Å². The fourth-order valence-corrected chi connectivity index (χ4v) is 2.14. The highest BCUT2D eigenvalue weighted by Crippen LogP contribution is 2.18. The smallest absolute Gasteiger partial charge is 0.217 e. The van der Waals surface area contributed by atoms with Crippen LogP contribution in [0.1, 0.15) is 18.4 Å². The van der Waals surface area contributed by atoms with E-state index in [1.807, 2.05) is 12.1 Å². The number of methoxy groups -OCH3 is 1. The van der Waals surface area contributed by atoms with Gasteiger partial charge in [0.25, 0.3) is 0 Å². The number of hydrogen-bond donors (Lipinski definition) is 1. The zero-order chi connectivity index (χ0) is 11.4. The Bertz CT molecular complexity index is 344. The number of rotatable bonds is 3. The topological polar surface area (TPSA) is 45.6 Å². The van der Waals surface area contributed by atoms with Gasteiger partial charge in [0, 0.05) is 24.8 Å². The zero-order valence-electron chi connectivity index (χ0n) is 9.59. The fraction of sp³-hybridized carbons (Fsp3) is 0.583. The third kappa shape index (κ3) is 2.71. The highest BCUT2D eigenvalue weighted by Gasteiger charge is 2.18. The second kappa shape index (κ2) is 5.27. The summed E-state index contributed by atoms with van der Waals surface area (Å²) in [6.07, 6.45) is 3.52. The van der Waals surface area contributed by atoms with Crippen LogP contribution < -0.4 is 4.74 Å². The number of aliphatic hydroxyl groups excluding tert-OH is 1. The lowest BCUT2D eigenvalue weighted by Crippen LogP contribution is -2.37. The van der Waals surface area contributed by atoms with Crippen LogP contribution in [0.2, 0.25) is 0 Å². The van der Waals surface area contributed by atoms with E-state index in [1.54, 1.807) is 13.3 Å². The second-order valence-electron chi connectivity index (χ2n) is 4.20. The Morgan fingerprint density at radius 2 is 2.50 bits per heavy atom. The van der Waals surface area contributed by atoms with E-state index in [1.165, 1.54) is 0 Å². The fourth-order valence-electron chi connectivity index (χ4n) is 2.14. The van der Waals surface area contributed by atoms with Crippen LogP contribution in [0.4, 0.5) is 0 Å². The second-order valence-corrected chi connectivity index (χ2v) is 4.20. The molecule has 0 saturated carbocycles. The molecule has 2 heterocycles. The molecule has 1 aromatic heterocycles. The monoisotopic (exact) mass is 222 g/mol. The van der Waals surface area contributed by atoms with Crippen molar-refractivity contribution in [3.63, 3.8) is 0 Å². The third-order valence-electron chi connectivity index (χ3n) is 2.92. The van der Waals surface area contributed by atoms with Crippen molar-refractivity contribution in [1.29, 1.82) is 0 Å². The highest BCUT2D eigenvalue weighted by atomic mass is 16.5. The molecule has 0 aliphatic carbocycles. The Morgan fingerprint density at radius 1 is 1.62 bits per heavy atom. The molecule has 1 N–H and O–H groups in total. The van der Waals surface area contributed by atoms with Crippen LogP contribution in [0.5, 0.6) is 5.88 Å². The molecule has 1 aromatic rings. The first-order valence-electron chi connectivity index (χ1n) is 5.68. The van der Waals surface area contributed by atoms with Crippen molar-refractivity contribution < 1.29 is 9.84 Å². The molecule has 1 aliphatic rings. The molecule has 0 bridgehead atoms. The quantitative estimate of drug-likeness (QED) is 0.830. The van der Waals surface area contributed by atoms with Gasteiger partial charge in [0.2, 0.25) is 5.88 Å². The van der Waals surface area contributed by atoms with Crippen LogP contribution in [0, 0.1) is 0 Å². The van der Waals surface area contributed by atoms with E-state index in [4.69, 9.17) is 4.74 Å². The number of pyridine rings is 1. The average molecular weight is 222 g/mol. The molecular weight excluding hydrogens is 204 g/mol. The number of aromatic nitrogens is 1. The van der Waals surface area contributed by atoms with Crippen molar-refractivity contribution >= 4 is 0 Å². The molecule has 0 unspecified atom stereocenters. The minimum atomic E-state index is -0.184. The minimum Gasteiger partial charge on any atom is -0.481 e. The predicted octanol–water partition coefficient (Wildman–Crippen LogP) is 1.05. The van der Waals surface area contributed by atoms with Crippen molar-refractivity contribution in [3.05, 3.63) is 23.9 Å². The molecule has 4 nitrogen and oxygen atoms in total. The summed E-state index contributed by atoms with van der Waals surface area (Å²) in [6.45, 7) is 2.58. The molecule has 88 valence electrons. The van der Waals surface area contributed by atoms with Gasteiger partial charge < -0.3 is 9.84 Å². The maximum absolute atomic E-state index is 9.60. The number of aliphatic hydroxyl groups is 1. The maximum Gasteiger partial charge on any atom is 0.217 e. The first-order chi connectivity index (χ1) is 7.79. The first kappa shape index (κ1) is 11.4. The molecule has 0 amide bonds. The van der Waals surface area contributed by atoms with Gasteiger partial charge >= 0.3 is 0 Å². The van der Waals surface area contributed by atoms with Crippen molar-refractivity contribution in [3.8, 4) is 5.88 Å². The molecule has 0 spiro atoms. The molecule has 2 rings (SSSR count). The molecule has 1 fully saturated rings. The van der Waals surface area contributed by atoms with Gasteiger partial charge in [0.1, 0.15) is 0 Å². The molecule has 1 saturated heterocycles. The van der Waals surface area contributed by atoms with Crippen molar-refractivity contribution in [2.45, 2.75) is 25.5 Å². The first-order valence-corrected chi connectivity index (χ1v) is 5.68. The van der Waals surface area contributed by atoms with Gasteiger partial charge in [-0.05, 0) is 25.5 Å². The van der Waals surface area contributed by atoms with E-state index >= 15 is 0 Å². The minimum absolute atomic E-state index is 0.184. The standard InChI is InChI=1S/C12H18N2O2/c1-16-12-10(4-2-6-13-12)8-14-7-3-5-11(15)9-14/h2,4,6,11,15H,3,5,7-9H2,1H3/t11-/m0/s1. The molecule has 0 radical (unpaired) electrons. The van der Waals surface area contributed by atoms with E-state index < -0.39 is 0 Å². The number of hydrogen-bond acceptors (Lipinski definition) is 4. The lowest BCUT2D eigenvalue weighted by atomic mass is 10.1. The Balaban J connectivity index is 2.02. The largest absolute Gasteiger partial charge is 0.481 e. The van der Waals surface area contributed by atoms with Gasteiger partial charge in [-0.25, -0.2) is 4.98 Å². The summed E-state index contributed by atoms with van der Waals surface area (Å²) in [4.78, 5) is 6.41. The molecule has 16 heavy (non-hydrogen) atoms. The van der Waals surface area contributed by atoms with E-state index in [2.05, 4.69) is 9.88 Å². The summed E-state index contributed by atoms with van der Waals surface area (Å²) >= 11 is 0. The van der Waals surface area contributed by atoms with E-state index in [9.17, 15) is 5.11 Å². The van der Waals surface area contributed by atoms with Crippen molar-refractivity contribution in [2.75, 3.05) is 20.2 Å².